The summed E-state index contributed by atoms with van der Waals surface area (Å²) in [6.45, 7) is 1.59. The standard InChI is InChI=1S/C6H8O4/c1-3-4(6(8)9)2-5(7)10-3/h3-4H,2H2,1H3,(H,8,9)/t3-,4-/m0/s1. The molecule has 0 bridgehead atoms. The Labute approximate surface area is 57.8 Å². The quantitative estimate of drug-likeness (QED) is 0.527. The molecule has 1 heterocycles. The first kappa shape index (κ1) is 7.05. The third-order valence-corrected chi connectivity index (χ3v) is 1.59. The van der Waals surface area contributed by atoms with Gasteiger partial charge >= 0.3 is 11.9 Å². The molecule has 1 fully saturated rings. The van der Waals surface area contributed by atoms with Crippen LogP contribution in [0.3, 0.4) is 0 Å². The minimum Gasteiger partial charge on any atom is -0.481 e. The number of cyclic esters (lactones) is 1. The highest BCUT2D eigenvalue weighted by molar-refractivity contribution is 5.82. The number of carbonyl (C=O) groups is 2. The molecule has 1 rings (SSSR count). The molecule has 1 aliphatic rings. The molecule has 2 atom stereocenters. The average molecular weight is 144 g/mol. The first-order chi connectivity index (χ1) is 4.61. The Kier molecular flexibility index (Phi) is 1.61. The van der Waals surface area contributed by atoms with E-state index in [0.717, 1.165) is 0 Å². The van der Waals surface area contributed by atoms with Crippen LogP contribution in [-0.2, 0) is 14.3 Å². The molecule has 0 aliphatic carbocycles. The first-order valence-electron chi connectivity index (χ1n) is 3.03. The summed E-state index contributed by atoms with van der Waals surface area (Å²) >= 11 is 0. The van der Waals surface area contributed by atoms with Crippen LogP contribution in [-0.4, -0.2) is 23.1 Å². The monoisotopic (exact) mass is 144 g/mol. The summed E-state index contributed by atoms with van der Waals surface area (Å²) in [6, 6.07) is 0. The third kappa shape index (κ3) is 1.10. The highest BCUT2D eigenvalue weighted by atomic mass is 16.6. The number of esters is 1. The van der Waals surface area contributed by atoms with Crippen molar-refractivity contribution in [3.63, 3.8) is 0 Å². The maximum atomic E-state index is 10.5. The van der Waals surface area contributed by atoms with Crippen molar-refractivity contribution in [1.82, 2.24) is 0 Å². The molecular formula is C6H8O4. The van der Waals surface area contributed by atoms with Crippen molar-refractivity contribution >= 4 is 11.9 Å². The van der Waals surface area contributed by atoms with Crippen molar-refractivity contribution < 1.29 is 19.4 Å². The van der Waals surface area contributed by atoms with E-state index < -0.39 is 24.0 Å². The van der Waals surface area contributed by atoms with Crippen LogP contribution in [0.1, 0.15) is 13.3 Å². The van der Waals surface area contributed by atoms with Crippen molar-refractivity contribution in [2.45, 2.75) is 19.4 Å². The van der Waals surface area contributed by atoms with Crippen molar-refractivity contribution in [2.24, 2.45) is 5.92 Å². The molecule has 1 aliphatic heterocycles. The minimum absolute atomic E-state index is 0.0104. The highest BCUT2D eigenvalue weighted by Gasteiger charge is 2.36. The average Bonchev–Trinajstić information content (AvgIpc) is 2.10. The molecule has 0 aromatic heterocycles. The summed E-state index contributed by atoms with van der Waals surface area (Å²) in [6.07, 6.45) is -0.457. The van der Waals surface area contributed by atoms with Crippen LogP contribution in [0.2, 0.25) is 0 Å². The summed E-state index contributed by atoms with van der Waals surface area (Å²) in [5, 5.41) is 8.47. The van der Waals surface area contributed by atoms with Crippen LogP contribution in [0.4, 0.5) is 0 Å². The zero-order valence-corrected chi connectivity index (χ0v) is 5.53. The van der Waals surface area contributed by atoms with E-state index in [1.165, 1.54) is 0 Å². The second-order valence-electron chi connectivity index (χ2n) is 2.34. The number of carbonyl (C=O) groups excluding carboxylic acids is 1. The number of carboxylic acids is 1. The summed E-state index contributed by atoms with van der Waals surface area (Å²) in [4.78, 5) is 20.8. The summed E-state index contributed by atoms with van der Waals surface area (Å²) in [7, 11) is 0. The van der Waals surface area contributed by atoms with Crippen LogP contribution in [0, 0.1) is 5.92 Å². The van der Waals surface area contributed by atoms with Gasteiger partial charge in [-0.15, -0.1) is 0 Å². The Morgan fingerprint density at radius 3 is 2.60 bits per heavy atom. The molecule has 0 aromatic rings. The largest absolute Gasteiger partial charge is 0.481 e. The van der Waals surface area contributed by atoms with Crippen LogP contribution in [0.5, 0.6) is 0 Å². The van der Waals surface area contributed by atoms with Gasteiger partial charge in [0.25, 0.3) is 0 Å². The van der Waals surface area contributed by atoms with E-state index in [1.807, 2.05) is 0 Å². The Morgan fingerprint density at radius 2 is 2.40 bits per heavy atom. The number of carboxylic acid groups (broad SMARTS) is 1. The van der Waals surface area contributed by atoms with E-state index in [4.69, 9.17) is 5.11 Å². The Hall–Kier alpha value is -1.06. The molecule has 1 N–H and O–H groups in total. The van der Waals surface area contributed by atoms with Crippen LogP contribution >= 0.6 is 0 Å². The number of hydrogen-bond acceptors (Lipinski definition) is 3. The van der Waals surface area contributed by atoms with Gasteiger partial charge in [0.05, 0.1) is 6.42 Å². The molecule has 4 heteroatoms. The van der Waals surface area contributed by atoms with Gasteiger partial charge in [0.1, 0.15) is 12.0 Å². The Bertz CT molecular complexity index is 175. The van der Waals surface area contributed by atoms with Gasteiger partial charge in [0.2, 0.25) is 0 Å². The number of ether oxygens (including phenoxy) is 1. The predicted octanol–water partition coefficient (Wildman–Crippen LogP) is 0.0226. The highest BCUT2D eigenvalue weighted by Crippen LogP contribution is 2.21. The van der Waals surface area contributed by atoms with E-state index in [9.17, 15) is 9.59 Å². The van der Waals surface area contributed by atoms with Crippen LogP contribution in [0.25, 0.3) is 0 Å². The molecule has 0 aromatic carbocycles. The van der Waals surface area contributed by atoms with Gasteiger partial charge in [-0.25, -0.2) is 0 Å². The van der Waals surface area contributed by atoms with Gasteiger partial charge in [-0.1, -0.05) is 0 Å². The second-order valence-corrected chi connectivity index (χ2v) is 2.34. The summed E-state index contributed by atoms with van der Waals surface area (Å²) < 4.78 is 4.62. The normalized spacial score (nSPS) is 31.9. The maximum Gasteiger partial charge on any atom is 0.310 e. The second kappa shape index (κ2) is 2.28. The lowest BCUT2D eigenvalue weighted by atomic mass is 10.0. The molecule has 10 heavy (non-hydrogen) atoms. The van der Waals surface area contributed by atoms with E-state index in [-0.39, 0.29) is 6.42 Å². The number of hydrogen-bond donors (Lipinski definition) is 1. The number of rotatable bonds is 1. The van der Waals surface area contributed by atoms with E-state index >= 15 is 0 Å². The fourth-order valence-electron chi connectivity index (χ4n) is 0.971. The van der Waals surface area contributed by atoms with Gasteiger partial charge in [0, 0.05) is 0 Å². The predicted molar refractivity (Wildman–Crippen MR) is 31.3 cm³/mol. The lowest BCUT2D eigenvalue weighted by Crippen LogP contribution is -2.20. The summed E-state index contributed by atoms with van der Waals surface area (Å²) in [5.41, 5.74) is 0. The molecule has 0 saturated carbocycles. The minimum atomic E-state index is -0.960. The van der Waals surface area contributed by atoms with Crippen molar-refractivity contribution in [3.8, 4) is 0 Å². The molecule has 4 nitrogen and oxygen atoms in total. The maximum absolute atomic E-state index is 10.5. The zero-order valence-electron chi connectivity index (χ0n) is 5.53. The number of aliphatic carboxylic acids is 1. The van der Waals surface area contributed by atoms with E-state index in [0.29, 0.717) is 0 Å². The molecule has 0 radical (unpaired) electrons. The molecule has 0 amide bonds. The van der Waals surface area contributed by atoms with Gasteiger partial charge in [0.15, 0.2) is 0 Å². The zero-order chi connectivity index (χ0) is 7.72. The summed E-state index contributed by atoms with van der Waals surface area (Å²) in [5.74, 6) is -2.02. The van der Waals surface area contributed by atoms with Crippen molar-refractivity contribution in [3.05, 3.63) is 0 Å². The Morgan fingerprint density at radius 1 is 1.80 bits per heavy atom. The van der Waals surface area contributed by atoms with E-state index in [2.05, 4.69) is 4.74 Å². The van der Waals surface area contributed by atoms with Gasteiger partial charge in [-0.3, -0.25) is 9.59 Å². The lowest BCUT2D eigenvalue weighted by molar-refractivity contribution is -0.143. The van der Waals surface area contributed by atoms with Crippen molar-refractivity contribution in [1.29, 1.82) is 0 Å². The molecular weight excluding hydrogens is 136 g/mol. The van der Waals surface area contributed by atoms with Gasteiger partial charge in [-0.2, -0.15) is 0 Å². The van der Waals surface area contributed by atoms with Crippen LogP contribution in [0.15, 0.2) is 0 Å². The SMILES string of the molecule is C[C@@H]1OC(=O)C[C@@H]1C(=O)O. The topological polar surface area (TPSA) is 63.6 Å². The fourth-order valence-corrected chi connectivity index (χ4v) is 0.971. The fraction of sp³-hybridized carbons (Fsp3) is 0.667. The van der Waals surface area contributed by atoms with Crippen molar-refractivity contribution in [2.75, 3.05) is 0 Å². The van der Waals surface area contributed by atoms with E-state index in [1.54, 1.807) is 6.92 Å². The van der Waals surface area contributed by atoms with Gasteiger partial charge < -0.3 is 9.84 Å². The molecule has 1 saturated heterocycles. The smallest absolute Gasteiger partial charge is 0.310 e. The lowest BCUT2D eigenvalue weighted by Gasteiger charge is -2.05. The third-order valence-electron chi connectivity index (χ3n) is 1.59. The first-order valence-corrected chi connectivity index (χ1v) is 3.03. The molecule has 0 unspecified atom stereocenters. The van der Waals surface area contributed by atoms with Gasteiger partial charge in [-0.05, 0) is 6.92 Å². The van der Waals surface area contributed by atoms with Crippen LogP contribution < -0.4 is 0 Å². The Balaban J connectivity index is 2.63. The molecule has 56 valence electrons. The molecule has 0 spiro atoms.